The van der Waals surface area contributed by atoms with E-state index in [4.69, 9.17) is 9.37 Å². The number of ether oxygens (including phenoxy) is 1. The molecular formula is C22H20N4O3S. The van der Waals surface area contributed by atoms with Gasteiger partial charge in [-0.1, -0.05) is 30.3 Å². The molecule has 3 heterocycles. The normalized spacial score (nSPS) is 14.2. The van der Waals surface area contributed by atoms with Gasteiger partial charge in [0, 0.05) is 28.9 Å². The molecule has 0 atom stereocenters. The van der Waals surface area contributed by atoms with E-state index >= 15 is 0 Å². The first kappa shape index (κ1) is 18.8. The number of morpholine rings is 1. The van der Waals surface area contributed by atoms with Crippen LogP contribution in [0.5, 0.6) is 0 Å². The van der Waals surface area contributed by atoms with Crippen molar-refractivity contribution in [3.63, 3.8) is 0 Å². The molecule has 30 heavy (non-hydrogen) atoms. The number of nitrogens with one attached hydrogen (secondary N) is 1. The maximum atomic E-state index is 13.2. The van der Waals surface area contributed by atoms with Crippen LogP contribution in [0.4, 0.5) is 11.4 Å². The van der Waals surface area contributed by atoms with E-state index in [9.17, 15) is 4.79 Å². The summed E-state index contributed by atoms with van der Waals surface area (Å²) < 4.78 is 10.4. The molecule has 0 aliphatic carbocycles. The third kappa shape index (κ3) is 3.34. The van der Waals surface area contributed by atoms with Crippen molar-refractivity contribution in [3.8, 4) is 11.1 Å². The number of benzene rings is 2. The number of carbonyl (C=O) groups is 1. The van der Waals surface area contributed by atoms with Crippen LogP contribution in [0.3, 0.4) is 0 Å². The Morgan fingerprint density at radius 2 is 1.83 bits per heavy atom. The molecular weight excluding hydrogens is 400 g/mol. The monoisotopic (exact) mass is 420 g/mol. The maximum absolute atomic E-state index is 13.2. The molecule has 1 N–H and O–H groups in total. The van der Waals surface area contributed by atoms with Gasteiger partial charge in [-0.3, -0.25) is 4.79 Å². The molecule has 4 aromatic rings. The van der Waals surface area contributed by atoms with Gasteiger partial charge in [-0.25, -0.2) is 4.63 Å². The number of amides is 1. The first-order chi connectivity index (χ1) is 14.7. The fraction of sp³-hybridized carbons (Fsp3) is 0.227. The van der Waals surface area contributed by atoms with E-state index in [0.717, 1.165) is 34.8 Å². The SMILES string of the molecule is Cc1scc(C(=O)Nc2ccc(N3CCOCC3)c3nonc23)c1-c1ccccc1. The van der Waals surface area contributed by atoms with E-state index in [0.29, 0.717) is 35.5 Å². The molecule has 2 aromatic carbocycles. The molecule has 1 aliphatic heterocycles. The fourth-order valence-corrected chi connectivity index (χ4v) is 4.65. The molecule has 7 nitrogen and oxygen atoms in total. The van der Waals surface area contributed by atoms with Crippen molar-refractivity contribution < 1.29 is 14.2 Å². The summed E-state index contributed by atoms with van der Waals surface area (Å²) in [6.07, 6.45) is 0. The average Bonchev–Trinajstić information content (AvgIpc) is 3.42. The Bertz CT molecular complexity index is 1200. The molecule has 0 saturated carbocycles. The molecule has 1 fully saturated rings. The second-order valence-electron chi connectivity index (χ2n) is 7.09. The Balaban J connectivity index is 1.47. The van der Waals surface area contributed by atoms with Crippen molar-refractivity contribution in [2.75, 3.05) is 36.5 Å². The Kier molecular flexibility index (Phi) is 4.94. The number of thiophene rings is 1. The van der Waals surface area contributed by atoms with Gasteiger partial charge < -0.3 is 15.0 Å². The number of nitrogens with zero attached hydrogens (tertiary/aromatic N) is 3. The number of anilines is 2. The zero-order valence-corrected chi connectivity index (χ0v) is 17.2. The lowest BCUT2D eigenvalue weighted by Gasteiger charge is -2.28. The highest BCUT2D eigenvalue weighted by atomic mass is 32.1. The summed E-state index contributed by atoms with van der Waals surface area (Å²) in [4.78, 5) is 16.5. The number of carbonyl (C=O) groups excluding carboxylic acids is 1. The van der Waals surface area contributed by atoms with Gasteiger partial charge in [0.25, 0.3) is 5.91 Å². The van der Waals surface area contributed by atoms with E-state index in [-0.39, 0.29) is 5.91 Å². The highest BCUT2D eigenvalue weighted by Gasteiger charge is 2.22. The second kappa shape index (κ2) is 7.89. The van der Waals surface area contributed by atoms with E-state index in [1.807, 2.05) is 54.8 Å². The van der Waals surface area contributed by atoms with Crippen LogP contribution in [-0.4, -0.2) is 42.5 Å². The van der Waals surface area contributed by atoms with Crippen LogP contribution in [0.2, 0.25) is 0 Å². The van der Waals surface area contributed by atoms with Gasteiger partial charge in [-0.15, -0.1) is 11.3 Å². The molecule has 2 aromatic heterocycles. The number of hydrogen-bond acceptors (Lipinski definition) is 7. The van der Waals surface area contributed by atoms with Crippen molar-refractivity contribution >= 4 is 39.7 Å². The Morgan fingerprint density at radius 1 is 1.07 bits per heavy atom. The minimum absolute atomic E-state index is 0.179. The third-order valence-electron chi connectivity index (χ3n) is 5.28. The summed E-state index contributed by atoms with van der Waals surface area (Å²) in [5.41, 5.74) is 5.32. The van der Waals surface area contributed by atoms with Crippen LogP contribution in [0.1, 0.15) is 15.2 Å². The third-order valence-corrected chi connectivity index (χ3v) is 6.19. The van der Waals surface area contributed by atoms with E-state index < -0.39 is 0 Å². The molecule has 0 bridgehead atoms. The zero-order valence-electron chi connectivity index (χ0n) is 16.4. The molecule has 8 heteroatoms. The number of hydrogen-bond donors (Lipinski definition) is 1. The first-order valence-electron chi connectivity index (χ1n) is 9.75. The van der Waals surface area contributed by atoms with Gasteiger partial charge in [0.2, 0.25) is 0 Å². The van der Waals surface area contributed by atoms with Crippen LogP contribution in [-0.2, 0) is 4.74 Å². The molecule has 5 rings (SSSR count). The van der Waals surface area contributed by atoms with Gasteiger partial charge in [-0.2, -0.15) is 0 Å². The predicted molar refractivity (Wildman–Crippen MR) is 117 cm³/mol. The quantitative estimate of drug-likeness (QED) is 0.529. The predicted octanol–water partition coefficient (Wildman–Crippen LogP) is 4.35. The summed E-state index contributed by atoms with van der Waals surface area (Å²) in [6.45, 7) is 4.93. The lowest BCUT2D eigenvalue weighted by Crippen LogP contribution is -2.36. The standard InChI is InChI=1S/C22H20N4O3S/c1-14-19(15-5-3-2-4-6-15)16(13-30-14)22(27)23-17-7-8-18(21-20(17)24-29-25-21)26-9-11-28-12-10-26/h2-8,13H,9-12H2,1H3,(H,23,27). The van der Waals surface area contributed by atoms with Gasteiger partial charge in [0.15, 0.2) is 11.0 Å². The lowest BCUT2D eigenvalue weighted by atomic mass is 10.0. The number of aromatic nitrogens is 2. The topological polar surface area (TPSA) is 80.5 Å². The second-order valence-corrected chi connectivity index (χ2v) is 8.18. The van der Waals surface area contributed by atoms with Gasteiger partial charge in [-0.05, 0) is 34.9 Å². The summed E-state index contributed by atoms with van der Waals surface area (Å²) in [5, 5.41) is 13.0. The van der Waals surface area contributed by atoms with Gasteiger partial charge in [0.1, 0.15) is 0 Å². The van der Waals surface area contributed by atoms with Gasteiger partial charge in [0.05, 0.1) is 30.2 Å². The Labute approximate surface area is 177 Å². The summed E-state index contributed by atoms with van der Waals surface area (Å²) in [5.74, 6) is -0.179. The van der Waals surface area contributed by atoms with Crippen molar-refractivity contribution in [1.82, 2.24) is 10.3 Å². The van der Waals surface area contributed by atoms with Gasteiger partial charge >= 0.3 is 0 Å². The Hall–Kier alpha value is -3.23. The maximum Gasteiger partial charge on any atom is 0.257 e. The largest absolute Gasteiger partial charge is 0.378 e. The van der Waals surface area contributed by atoms with Crippen LogP contribution < -0.4 is 10.2 Å². The van der Waals surface area contributed by atoms with E-state index in [2.05, 4.69) is 20.5 Å². The van der Waals surface area contributed by atoms with Crippen molar-refractivity contribution in [2.45, 2.75) is 6.92 Å². The van der Waals surface area contributed by atoms with Crippen LogP contribution >= 0.6 is 11.3 Å². The average molecular weight is 420 g/mol. The Morgan fingerprint density at radius 3 is 2.63 bits per heavy atom. The molecule has 1 aliphatic rings. The van der Waals surface area contributed by atoms with E-state index in [1.54, 1.807) is 11.3 Å². The lowest BCUT2D eigenvalue weighted by molar-refractivity contribution is 0.102. The highest BCUT2D eigenvalue weighted by Crippen LogP contribution is 2.34. The molecule has 0 unspecified atom stereocenters. The number of aryl methyl sites for hydroxylation is 1. The van der Waals surface area contributed by atoms with Crippen LogP contribution in [0.25, 0.3) is 22.2 Å². The summed E-state index contributed by atoms with van der Waals surface area (Å²) >= 11 is 1.57. The van der Waals surface area contributed by atoms with Crippen LogP contribution in [0.15, 0.2) is 52.5 Å². The number of fused-ring (bicyclic) bond motifs is 1. The van der Waals surface area contributed by atoms with Crippen molar-refractivity contribution in [1.29, 1.82) is 0 Å². The van der Waals surface area contributed by atoms with Crippen molar-refractivity contribution in [3.05, 3.63) is 58.3 Å². The summed E-state index contributed by atoms with van der Waals surface area (Å²) in [6, 6.07) is 13.8. The molecule has 0 radical (unpaired) electrons. The minimum Gasteiger partial charge on any atom is -0.378 e. The summed E-state index contributed by atoms with van der Waals surface area (Å²) in [7, 11) is 0. The smallest absolute Gasteiger partial charge is 0.257 e. The minimum atomic E-state index is -0.179. The van der Waals surface area contributed by atoms with Crippen molar-refractivity contribution in [2.24, 2.45) is 0 Å². The molecule has 1 amide bonds. The zero-order chi connectivity index (χ0) is 20.5. The van der Waals surface area contributed by atoms with E-state index in [1.165, 1.54) is 0 Å². The fourth-order valence-electron chi connectivity index (χ4n) is 3.79. The molecule has 1 saturated heterocycles. The highest BCUT2D eigenvalue weighted by molar-refractivity contribution is 7.10. The number of rotatable bonds is 4. The first-order valence-corrected chi connectivity index (χ1v) is 10.6. The molecule has 152 valence electrons. The van der Waals surface area contributed by atoms with Crippen LogP contribution in [0, 0.1) is 6.92 Å². The molecule has 0 spiro atoms.